The van der Waals surface area contributed by atoms with Crippen LogP contribution in [0.1, 0.15) is 24.1 Å². The van der Waals surface area contributed by atoms with Crippen LogP contribution in [-0.2, 0) is 17.0 Å². The van der Waals surface area contributed by atoms with Crippen molar-refractivity contribution in [2.24, 2.45) is 0 Å². The molecule has 1 fully saturated rings. The molecule has 5 rings (SSSR count). The lowest BCUT2D eigenvalue weighted by atomic mass is 10.2. The number of aryl methyl sites for hydroxylation is 1. The van der Waals surface area contributed by atoms with Crippen LogP contribution in [0.25, 0.3) is 10.7 Å². The molecule has 4 aromatic rings. The highest BCUT2D eigenvalue weighted by Gasteiger charge is 2.22. The summed E-state index contributed by atoms with van der Waals surface area (Å²) in [5.74, 6) is 1.67. The summed E-state index contributed by atoms with van der Waals surface area (Å²) in [4.78, 5) is 5.87. The fourth-order valence-electron chi connectivity index (χ4n) is 3.47. The van der Waals surface area contributed by atoms with Gasteiger partial charge in [0.2, 0.25) is 0 Å². The Hall–Kier alpha value is -2.20. The van der Waals surface area contributed by atoms with Gasteiger partial charge in [0.15, 0.2) is 16.1 Å². The van der Waals surface area contributed by atoms with E-state index < -0.39 is 0 Å². The molecule has 160 valence electrons. The summed E-state index contributed by atoms with van der Waals surface area (Å²) >= 11 is 4.99. The number of nitrogens with one attached hydrogen (secondary N) is 1. The van der Waals surface area contributed by atoms with Crippen molar-refractivity contribution in [3.05, 3.63) is 58.4 Å². The second-order valence-electron chi connectivity index (χ2n) is 7.45. The normalized spacial score (nSPS) is 16.1. The molecule has 0 unspecified atom stereocenters. The molecule has 9 heteroatoms. The van der Waals surface area contributed by atoms with Gasteiger partial charge in [-0.1, -0.05) is 35.5 Å². The highest BCUT2D eigenvalue weighted by Crippen LogP contribution is 2.31. The molecule has 1 aromatic carbocycles. The van der Waals surface area contributed by atoms with Gasteiger partial charge in [-0.3, -0.25) is 4.57 Å². The molecule has 1 aliphatic rings. The van der Waals surface area contributed by atoms with E-state index in [1.54, 1.807) is 34.4 Å². The SMILES string of the molecule is Cc1ccc(Nc2nc(CSc3nnc(-c4cccs4)n3C[C@H]3CCCO3)cs2)cc1. The Bertz CT molecular complexity index is 1110. The van der Waals surface area contributed by atoms with E-state index in [0.29, 0.717) is 0 Å². The van der Waals surface area contributed by atoms with Crippen LogP contribution in [0, 0.1) is 6.92 Å². The summed E-state index contributed by atoms with van der Waals surface area (Å²) in [6.45, 7) is 3.73. The van der Waals surface area contributed by atoms with Crippen molar-refractivity contribution in [2.75, 3.05) is 11.9 Å². The minimum absolute atomic E-state index is 0.235. The molecule has 1 saturated heterocycles. The average molecular weight is 470 g/mol. The standard InChI is InChI=1S/C22H23N5OS3/c1-15-6-8-16(9-7-15)23-21-24-17(13-30-21)14-31-22-26-25-20(19-5-3-11-29-19)27(22)12-18-4-2-10-28-18/h3,5-9,11,13,18H,2,4,10,12,14H2,1H3,(H,23,24)/t18-/m1/s1. The predicted molar refractivity (Wildman–Crippen MR) is 128 cm³/mol. The van der Waals surface area contributed by atoms with E-state index >= 15 is 0 Å². The number of ether oxygens (including phenoxy) is 1. The van der Waals surface area contributed by atoms with Gasteiger partial charge in [-0.25, -0.2) is 4.98 Å². The smallest absolute Gasteiger partial charge is 0.191 e. The first-order chi connectivity index (χ1) is 15.2. The second kappa shape index (κ2) is 9.52. The van der Waals surface area contributed by atoms with E-state index in [0.717, 1.165) is 64.1 Å². The number of aromatic nitrogens is 4. The molecular formula is C22H23N5OS3. The topological polar surface area (TPSA) is 64.9 Å². The molecule has 0 bridgehead atoms. The van der Waals surface area contributed by atoms with E-state index in [-0.39, 0.29) is 6.10 Å². The maximum atomic E-state index is 5.88. The first kappa shape index (κ1) is 20.7. The van der Waals surface area contributed by atoms with Crippen LogP contribution in [0.3, 0.4) is 0 Å². The van der Waals surface area contributed by atoms with Crippen LogP contribution >= 0.6 is 34.4 Å². The zero-order valence-electron chi connectivity index (χ0n) is 17.2. The maximum Gasteiger partial charge on any atom is 0.191 e. The van der Waals surface area contributed by atoms with Crippen LogP contribution in [-0.4, -0.2) is 32.5 Å². The van der Waals surface area contributed by atoms with E-state index in [1.807, 2.05) is 0 Å². The van der Waals surface area contributed by atoms with Gasteiger partial charge < -0.3 is 10.1 Å². The summed E-state index contributed by atoms with van der Waals surface area (Å²) in [5.41, 5.74) is 3.33. The number of rotatable bonds is 8. The highest BCUT2D eigenvalue weighted by molar-refractivity contribution is 7.98. The quantitative estimate of drug-likeness (QED) is 0.320. The van der Waals surface area contributed by atoms with Gasteiger partial charge in [0.1, 0.15) is 0 Å². The number of thiazole rings is 1. The van der Waals surface area contributed by atoms with Crippen molar-refractivity contribution in [3.63, 3.8) is 0 Å². The molecule has 1 aliphatic heterocycles. The number of anilines is 2. The minimum atomic E-state index is 0.235. The highest BCUT2D eigenvalue weighted by atomic mass is 32.2. The largest absolute Gasteiger partial charge is 0.376 e. The van der Waals surface area contributed by atoms with Gasteiger partial charge in [0, 0.05) is 23.4 Å². The van der Waals surface area contributed by atoms with Crippen molar-refractivity contribution in [1.29, 1.82) is 0 Å². The molecule has 0 spiro atoms. The lowest BCUT2D eigenvalue weighted by Crippen LogP contribution is -2.16. The maximum absolute atomic E-state index is 5.88. The lowest BCUT2D eigenvalue weighted by Gasteiger charge is -2.14. The lowest BCUT2D eigenvalue weighted by molar-refractivity contribution is 0.0953. The van der Waals surface area contributed by atoms with Crippen molar-refractivity contribution in [1.82, 2.24) is 19.7 Å². The zero-order chi connectivity index (χ0) is 21.0. The Labute approximate surface area is 193 Å². The average Bonchev–Trinajstić information content (AvgIpc) is 3.57. The number of hydrogen-bond acceptors (Lipinski definition) is 8. The van der Waals surface area contributed by atoms with Crippen LogP contribution in [0.2, 0.25) is 0 Å². The van der Waals surface area contributed by atoms with Crippen LogP contribution in [0.15, 0.2) is 52.3 Å². The molecule has 6 nitrogen and oxygen atoms in total. The molecule has 4 heterocycles. The fraction of sp³-hybridized carbons (Fsp3) is 0.318. The van der Waals surface area contributed by atoms with Gasteiger partial charge in [0.05, 0.1) is 23.2 Å². The van der Waals surface area contributed by atoms with Crippen LogP contribution in [0.4, 0.5) is 10.8 Å². The second-order valence-corrected chi connectivity index (χ2v) is 10.2. The molecule has 1 N–H and O–H groups in total. The molecule has 1 atom stereocenters. The molecule has 3 aromatic heterocycles. The van der Waals surface area contributed by atoms with Crippen molar-refractivity contribution >= 4 is 45.3 Å². The fourth-order valence-corrected chi connectivity index (χ4v) is 5.86. The number of thiophene rings is 1. The first-order valence-electron chi connectivity index (χ1n) is 10.2. The van der Waals surface area contributed by atoms with Gasteiger partial charge in [-0.2, -0.15) is 0 Å². The molecule has 0 radical (unpaired) electrons. The third kappa shape index (κ3) is 5.01. The van der Waals surface area contributed by atoms with Gasteiger partial charge in [0.25, 0.3) is 0 Å². The Kier molecular flexibility index (Phi) is 6.35. The Morgan fingerprint density at radius 3 is 2.87 bits per heavy atom. The van der Waals surface area contributed by atoms with E-state index in [4.69, 9.17) is 9.72 Å². The summed E-state index contributed by atoms with van der Waals surface area (Å²) < 4.78 is 8.10. The van der Waals surface area contributed by atoms with Crippen molar-refractivity contribution in [2.45, 2.75) is 43.3 Å². The van der Waals surface area contributed by atoms with Gasteiger partial charge in [-0.15, -0.1) is 32.9 Å². The molecule has 0 aliphatic carbocycles. The summed E-state index contributed by atoms with van der Waals surface area (Å²) in [7, 11) is 0. The van der Waals surface area contributed by atoms with Crippen molar-refractivity contribution < 1.29 is 4.74 Å². The Morgan fingerprint density at radius 1 is 1.19 bits per heavy atom. The van der Waals surface area contributed by atoms with E-state index in [9.17, 15) is 0 Å². The molecule has 31 heavy (non-hydrogen) atoms. The van der Waals surface area contributed by atoms with Crippen LogP contribution in [0.5, 0.6) is 0 Å². The van der Waals surface area contributed by atoms with E-state index in [2.05, 4.69) is 74.2 Å². The number of thioether (sulfide) groups is 1. The Balaban J connectivity index is 1.29. The van der Waals surface area contributed by atoms with Crippen LogP contribution < -0.4 is 5.32 Å². The molecule has 0 amide bonds. The zero-order valence-corrected chi connectivity index (χ0v) is 19.6. The molecular weight excluding hydrogens is 446 g/mol. The number of benzene rings is 1. The third-order valence-corrected chi connectivity index (χ3v) is 7.75. The van der Waals surface area contributed by atoms with Gasteiger partial charge in [-0.05, 0) is 43.3 Å². The Morgan fingerprint density at radius 2 is 2.10 bits per heavy atom. The monoisotopic (exact) mass is 469 g/mol. The van der Waals surface area contributed by atoms with E-state index in [1.165, 1.54) is 5.56 Å². The summed E-state index contributed by atoms with van der Waals surface area (Å²) in [6.07, 6.45) is 2.45. The summed E-state index contributed by atoms with van der Waals surface area (Å²) in [5, 5.41) is 18.4. The minimum Gasteiger partial charge on any atom is -0.376 e. The summed E-state index contributed by atoms with van der Waals surface area (Å²) in [6, 6.07) is 12.5. The number of hydrogen-bond donors (Lipinski definition) is 1. The van der Waals surface area contributed by atoms with Gasteiger partial charge >= 0.3 is 0 Å². The number of nitrogens with zero attached hydrogens (tertiary/aromatic N) is 4. The molecule has 0 saturated carbocycles. The van der Waals surface area contributed by atoms with Crippen molar-refractivity contribution in [3.8, 4) is 10.7 Å². The predicted octanol–water partition coefficient (Wildman–Crippen LogP) is 5.99. The third-order valence-electron chi connectivity index (χ3n) is 5.07. The first-order valence-corrected chi connectivity index (χ1v) is 13.0.